The van der Waals surface area contributed by atoms with Crippen molar-refractivity contribution in [3.63, 3.8) is 0 Å². The summed E-state index contributed by atoms with van der Waals surface area (Å²) in [7, 11) is 1.82. The van der Waals surface area contributed by atoms with E-state index in [0.29, 0.717) is 47.1 Å². The van der Waals surface area contributed by atoms with E-state index in [-0.39, 0.29) is 11.7 Å². The fourth-order valence-corrected chi connectivity index (χ4v) is 3.24. The van der Waals surface area contributed by atoms with E-state index in [1.807, 2.05) is 7.05 Å². The van der Waals surface area contributed by atoms with Crippen molar-refractivity contribution in [3.05, 3.63) is 36.8 Å². The molecule has 0 atom stereocenters. The van der Waals surface area contributed by atoms with Crippen LogP contribution in [0.1, 0.15) is 0 Å². The molecule has 0 spiro atoms. The smallest absolute Gasteiger partial charge is 0.234 e. The van der Waals surface area contributed by atoms with Crippen molar-refractivity contribution in [2.24, 2.45) is 7.05 Å². The molecule has 3 aromatic rings. The van der Waals surface area contributed by atoms with Gasteiger partial charge in [-0.05, 0) is 12.1 Å². The summed E-state index contributed by atoms with van der Waals surface area (Å²) in [4.78, 5) is 20.5. The number of aromatic nitrogens is 5. The lowest BCUT2D eigenvalue weighted by atomic mass is 10.2. The van der Waals surface area contributed by atoms with Crippen molar-refractivity contribution >= 4 is 23.4 Å². The fraction of sp³-hybridized carbons (Fsp3) is 0.235. The van der Waals surface area contributed by atoms with Crippen LogP contribution < -0.4 is 14.8 Å². The average molecular weight is 384 g/mol. The van der Waals surface area contributed by atoms with Gasteiger partial charge < -0.3 is 19.4 Å². The number of nitrogens with zero attached hydrogens (tertiary/aromatic N) is 5. The molecule has 138 valence electrons. The number of hydrogen-bond acceptors (Lipinski definition) is 8. The van der Waals surface area contributed by atoms with E-state index in [1.165, 1.54) is 11.8 Å². The molecule has 0 radical (unpaired) electrons. The van der Waals surface area contributed by atoms with E-state index in [2.05, 4.69) is 25.5 Å². The first-order valence-electron chi connectivity index (χ1n) is 8.19. The number of ether oxygens (including phenoxy) is 2. The zero-order chi connectivity index (χ0) is 18.6. The summed E-state index contributed by atoms with van der Waals surface area (Å²) >= 11 is 1.29. The summed E-state index contributed by atoms with van der Waals surface area (Å²) in [5.74, 6) is 1.96. The number of carbonyl (C=O) groups is 1. The van der Waals surface area contributed by atoms with Gasteiger partial charge in [-0.25, -0.2) is 4.98 Å². The number of nitrogens with one attached hydrogen (secondary N) is 1. The van der Waals surface area contributed by atoms with Crippen molar-refractivity contribution in [1.29, 1.82) is 0 Å². The Labute approximate surface area is 159 Å². The Morgan fingerprint density at radius 3 is 2.89 bits per heavy atom. The minimum absolute atomic E-state index is 0.152. The van der Waals surface area contributed by atoms with Crippen LogP contribution in [0.5, 0.6) is 11.5 Å². The highest BCUT2D eigenvalue weighted by Gasteiger charge is 2.15. The molecule has 2 aromatic heterocycles. The molecule has 9 nitrogen and oxygen atoms in total. The van der Waals surface area contributed by atoms with E-state index in [9.17, 15) is 4.79 Å². The minimum Gasteiger partial charge on any atom is -0.486 e. The molecular formula is C17H16N6O3S. The van der Waals surface area contributed by atoms with Crippen molar-refractivity contribution in [2.75, 3.05) is 24.3 Å². The van der Waals surface area contributed by atoms with Crippen molar-refractivity contribution in [3.8, 4) is 23.0 Å². The van der Waals surface area contributed by atoms with Gasteiger partial charge >= 0.3 is 0 Å². The van der Waals surface area contributed by atoms with Gasteiger partial charge in [-0.15, -0.1) is 10.2 Å². The first kappa shape index (κ1) is 17.3. The number of rotatable bonds is 5. The van der Waals surface area contributed by atoms with Crippen molar-refractivity contribution in [2.45, 2.75) is 5.16 Å². The van der Waals surface area contributed by atoms with Gasteiger partial charge in [0.15, 0.2) is 22.5 Å². The number of hydrogen-bond donors (Lipinski definition) is 1. The molecule has 0 fully saturated rings. The van der Waals surface area contributed by atoms with E-state index in [0.717, 1.165) is 0 Å². The normalized spacial score (nSPS) is 12.6. The zero-order valence-electron chi connectivity index (χ0n) is 14.5. The summed E-state index contributed by atoms with van der Waals surface area (Å²) in [6.07, 6.45) is 4.81. The number of thioether (sulfide) groups is 1. The number of carbonyl (C=O) groups excluding carboxylic acids is 1. The molecule has 0 saturated carbocycles. The third kappa shape index (κ3) is 3.85. The molecule has 1 aliphatic rings. The Kier molecular flexibility index (Phi) is 4.88. The highest BCUT2D eigenvalue weighted by atomic mass is 32.2. The second-order valence-corrected chi connectivity index (χ2v) is 6.59. The molecule has 1 amide bonds. The van der Waals surface area contributed by atoms with Crippen LogP contribution in [0.25, 0.3) is 11.5 Å². The van der Waals surface area contributed by atoms with Gasteiger partial charge in [0.25, 0.3) is 0 Å². The number of fused-ring (bicyclic) bond motifs is 1. The van der Waals surface area contributed by atoms with Crippen LogP contribution in [0.15, 0.2) is 41.9 Å². The van der Waals surface area contributed by atoms with E-state index in [1.54, 1.807) is 41.4 Å². The van der Waals surface area contributed by atoms with E-state index in [4.69, 9.17) is 9.47 Å². The van der Waals surface area contributed by atoms with Gasteiger partial charge in [0.1, 0.15) is 18.9 Å². The SMILES string of the molecule is Cn1c(SCC(=O)Nc2ccc3c(c2)OCCO3)nnc1-c1cnccn1. The maximum absolute atomic E-state index is 12.3. The standard InChI is InChI=1S/C17H16N6O3S/c1-23-16(12-9-18-4-5-19-12)21-22-17(23)27-10-15(24)20-11-2-3-13-14(8-11)26-7-6-25-13/h2-5,8-9H,6-7,10H2,1H3,(H,20,24). The lowest BCUT2D eigenvalue weighted by molar-refractivity contribution is -0.113. The van der Waals surface area contributed by atoms with Crippen molar-refractivity contribution in [1.82, 2.24) is 24.7 Å². The van der Waals surface area contributed by atoms with Gasteiger partial charge in [-0.1, -0.05) is 11.8 Å². The van der Waals surface area contributed by atoms with Crippen LogP contribution in [-0.4, -0.2) is 49.6 Å². The first-order chi connectivity index (χ1) is 13.2. The molecular weight excluding hydrogens is 368 g/mol. The third-order valence-electron chi connectivity index (χ3n) is 3.79. The molecule has 10 heteroatoms. The molecule has 27 heavy (non-hydrogen) atoms. The molecule has 0 aliphatic carbocycles. The molecule has 1 N–H and O–H groups in total. The van der Waals surface area contributed by atoms with Crippen LogP contribution in [0.3, 0.4) is 0 Å². The van der Waals surface area contributed by atoms with Crippen LogP contribution in [0.2, 0.25) is 0 Å². The number of anilines is 1. The second-order valence-electron chi connectivity index (χ2n) is 5.65. The van der Waals surface area contributed by atoms with Gasteiger partial charge in [0.05, 0.1) is 11.9 Å². The van der Waals surface area contributed by atoms with Crippen molar-refractivity contribution < 1.29 is 14.3 Å². The predicted octanol–water partition coefficient (Wildman–Crippen LogP) is 1.77. The summed E-state index contributed by atoms with van der Waals surface area (Å²) in [5, 5.41) is 11.7. The van der Waals surface area contributed by atoms with Gasteiger partial charge in [-0.2, -0.15) is 0 Å². The molecule has 3 heterocycles. The van der Waals surface area contributed by atoms with Crippen LogP contribution >= 0.6 is 11.8 Å². The minimum atomic E-state index is -0.152. The van der Waals surface area contributed by atoms with Gasteiger partial charge in [0.2, 0.25) is 5.91 Å². The Balaban J connectivity index is 1.38. The molecule has 0 unspecified atom stereocenters. The number of amides is 1. The lowest BCUT2D eigenvalue weighted by Gasteiger charge is -2.18. The monoisotopic (exact) mass is 384 g/mol. The maximum atomic E-state index is 12.3. The van der Waals surface area contributed by atoms with E-state index < -0.39 is 0 Å². The largest absolute Gasteiger partial charge is 0.486 e. The Hall–Kier alpha value is -3.14. The summed E-state index contributed by atoms with van der Waals surface area (Å²) in [5.41, 5.74) is 1.28. The Morgan fingerprint density at radius 2 is 2.07 bits per heavy atom. The highest BCUT2D eigenvalue weighted by molar-refractivity contribution is 7.99. The summed E-state index contributed by atoms with van der Waals surface area (Å²) in [6, 6.07) is 5.32. The predicted molar refractivity (Wildman–Crippen MR) is 98.8 cm³/mol. The van der Waals surface area contributed by atoms with Crippen LogP contribution in [0.4, 0.5) is 5.69 Å². The summed E-state index contributed by atoms with van der Waals surface area (Å²) in [6.45, 7) is 1.03. The van der Waals surface area contributed by atoms with Crippen LogP contribution in [0, 0.1) is 0 Å². The third-order valence-corrected chi connectivity index (χ3v) is 4.81. The topological polar surface area (TPSA) is 104 Å². The zero-order valence-corrected chi connectivity index (χ0v) is 15.3. The Bertz CT molecular complexity index is 963. The summed E-state index contributed by atoms with van der Waals surface area (Å²) < 4.78 is 12.8. The molecule has 1 aliphatic heterocycles. The average Bonchev–Trinajstić information content (AvgIpc) is 3.07. The fourth-order valence-electron chi connectivity index (χ4n) is 2.53. The van der Waals surface area contributed by atoms with Gasteiger partial charge in [-0.3, -0.25) is 9.78 Å². The van der Waals surface area contributed by atoms with Crippen LogP contribution in [-0.2, 0) is 11.8 Å². The Morgan fingerprint density at radius 1 is 1.22 bits per heavy atom. The van der Waals surface area contributed by atoms with E-state index >= 15 is 0 Å². The quantitative estimate of drug-likeness (QED) is 0.664. The maximum Gasteiger partial charge on any atom is 0.234 e. The van der Waals surface area contributed by atoms with Gasteiger partial charge in [0, 0.05) is 31.2 Å². The molecule has 1 aromatic carbocycles. The highest BCUT2D eigenvalue weighted by Crippen LogP contribution is 2.32. The molecule has 0 bridgehead atoms. The molecule has 4 rings (SSSR count). The second kappa shape index (κ2) is 7.62. The lowest BCUT2D eigenvalue weighted by Crippen LogP contribution is -2.17. The molecule has 0 saturated heterocycles. The number of benzene rings is 1. The first-order valence-corrected chi connectivity index (χ1v) is 9.17.